The molecule has 1 heterocycles. The van der Waals surface area contributed by atoms with Crippen LogP contribution in [0.4, 0.5) is 0 Å². The van der Waals surface area contributed by atoms with Gasteiger partial charge >= 0.3 is 0 Å². The topological polar surface area (TPSA) is 55.6 Å². The number of carbonyl (C=O) groups is 1. The van der Waals surface area contributed by atoms with Crippen LogP contribution in [-0.4, -0.2) is 23.8 Å². The molecule has 2 aromatic carbocycles. The molecule has 0 radical (unpaired) electrons. The average Bonchev–Trinajstić information content (AvgIpc) is 2.94. The normalized spacial score (nSPS) is 12.3. The van der Waals surface area contributed by atoms with Gasteiger partial charge in [0.15, 0.2) is 6.10 Å². The van der Waals surface area contributed by atoms with Crippen LogP contribution in [0.1, 0.15) is 39.7 Å². The van der Waals surface area contributed by atoms with Gasteiger partial charge in [0.05, 0.1) is 6.21 Å². The number of aryl methyl sites for hydroxylation is 2. The van der Waals surface area contributed by atoms with Gasteiger partial charge in [-0.05, 0) is 72.4 Å². The van der Waals surface area contributed by atoms with E-state index in [1.165, 1.54) is 18.2 Å². The third-order valence-electron chi connectivity index (χ3n) is 5.31. The van der Waals surface area contributed by atoms with Gasteiger partial charge in [0, 0.05) is 34.2 Å². The van der Waals surface area contributed by atoms with Gasteiger partial charge < -0.3 is 9.30 Å². The van der Waals surface area contributed by atoms with Crippen molar-refractivity contribution in [3.8, 4) is 5.69 Å². The Bertz CT molecular complexity index is 1090. The van der Waals surface area contributed by atoms with Crippen molar-refractivity contribution >= 4 is 28.1 Å². The van der Waals surface area contributed by atoms with E-state index >= 15 is 0 Å². The summed E-state index contributed by atoms with van der Waals surface area (Å²) >= 11 is 3.68. The fourth-order valence-electron chi connectivity index (χ4n) is 3.47. The Hall–Kier alpha value is -2.70. The lowest BCUT2D eigenvalue weighted by Crippen LogP contribution is -2.26. The van der Waals surface area contributed by atoms with Crippen molar-refractivity contribution in [1.29, 1.82) is 0 Å². The number of aromatic nitrogens is 1. The summed E-state index contributed by atoms with van der Waals surface area (Å²) in [4.78, 5) is 12.5. The van der Waals surface area contributed by atoms with Crippen molar-refractivity contribution in [1.82, 2.24) is 9.99 Å². The molecule has 1 amide bonds. The van der Waals surface area contributed by atoms with E-state index in [9.17, 15) is 4.79 Å². The highest BCUT2D eigenvalue weighted by Crippen LogP contribution is 2.30. The standard InChI is InChI=1S/C24H26BrN3O2/c1-15-11-12-20(13-16(15)2)28-17(3)21(22(25)18(28)4)14-26-27-24(29)23(30-5)19-9-7-6-8-10-19/h6-14,23H,1-5H3,(H,27,29)/b26-14-/t23-/m0/s1. The van der Waals surface area contributed by atoms with Gasteiger partial charge in [0.25, 0.3) is 5.91 Å². The lowest BCUT2D eigenvalue weighted by Gasteiger charge is -2.13. The van der Waals surface area contributed by atoms with Gasteiger partial charge in [0.2, 0.25) is 0 Å². The molecule has 5 nitrogen and oxygen atoms in total. The molecule has 3 aromatic rings. The summed E-state index contributed by atoms with van der Waals surface area (Å²) in [7, 11) is 1.51. The maximum Gasteiger partial charge on any atom is 0.273 e. The zero-order valence-electron chi connectivity index (χ0n) is 17.9. The van der Waals surface area contributed by atoms with E-state index in [2.05, 4.69) is 70.0 Å². The highest BCUT2D eigenvalue weighted by atomic mass is 79.9. The van der Waals surface area contributed by atoms with Crippen LogP contribution >= 0.6 is 15.9 Å². The maximum atomic E-state index is 12.5. The Morgan fingerprint density at radius 2 is 1.77 bits per heavy atom. The summed E-state index contributed by atoms with van der Waals surface area (Å²) in [5, 5.41) is 4.19. The highest BCUT2D eigenvalue weighted by Gasteiger charge is 2.20. The summed E-state index contributed by atoms with van der Waals surface area (Å²) in [5.41, 5.74) is 10.00. The molecular weight excluding hydrogens is 442 g/mol. The highest BCUT2D eigenvalue weighted by molar-refractivity contribution is 9.10. The molecule has 1 N–H and O–H groups in total. The number of hydrogen-bond donors (Lipinski definition) is 1. The van der Waals surface area contributed by atoms with Crippen LogP contribution in [0, 0.1) is 27.7 Å². The Kier molecular flexibility index (Phi) is 6.90. The summed E-state index contributed by atoms with van der Waals surface area (Å²) < 4.78 is 8.48. The number of methoxy groups -OCH3 is 1. The second-order valence-electron chi connectivity index (χ2n) is 7.26. The van der Waals surface area contributed by atoms with Gasteiger partial charge in [-0.3, -0.25) is 4.79 Å². The second kappa shape index (κ2) is 9.41. The third kappa shape index (κ3) is 4.40. The van der Waals surface area contributed by atoms with Crippen LogP contribution in [-0.2, 0) is 9.53 Å². The van der Waals surface area contributed by atoms with Crippen molar-refractivity contribution in [2.24, 2.45) is 5.10 Å². The zero-order valence-corrected chi connectivity index (χ0v) is 19.4. The first-order valence-corrected chi connectivity index (χ1v) is 10.5. The molecule has 156 valence electrons. The molecule has 0 spiro atoms. The molecular formula is C24H26BrN3O2. The number of nitrogens with zero attached hydrogens (tertiary/aromatic N) is 2. The SMILES string of the molecule is CO[C@H](C(=O)N/N=C\c1c(Br)c(C)n(-c2ccc(C)c(C)c2)c1C)c1ccccc1. The second-order valence-corrected chi connectivity index (χ2v) is 8.06. The lowest BCUT2D eigenvalue weighted by molar-refractivity contribution is -0.131. The molecule has 0 bridgehead atoms. The number of amides is 1. The van der Waals surface area contributed by atoms with Gasteiger partial charge in [-0.15, -0.1) is 0 Å². The molecule has 1 atom stereocenters. The van der Waals surface area contributed by atoms with Crippen molar-refractivity contribution in [2.45, 2.75) is 33.8 Å². The minimum Gasteiger partial charge on any atom is -0.367 e. The third-order valence-corrected chi connectivity index (χ3v) is 6.31. The van der Waals surface area contributed by atoms with Crippen LogP contribution in [0.25, 0.3) is 5.69 Å². The van der Waals surface area contributed by atoms with E-state index in [1.54, 1.807) is 6.21 Å². The predicted octanol–water partition coefficient (Wildman–Crippen LogP) is 5.31. The van der Waals surface area contributed by atoms with E-state index in [-0.39, 0.29) is 5.91 Å². The van der Waals surface area contributed by atoms with Crippen LogP contribution in [0.2, 0.25) is 0 Å². The summed E-state index contributed by atoms with van der Waals surface area (Å²) in [5.74, 6) is -0.320. The van der Waals surface area contributed by atoms with Crippen molar-refractivity contribution < 1.29 is 9.53 Å². The van der Waals surface area contributed by atoms with E-state index in [4.69, 9.17) is 4.74 Å². The molecule has 0 aliphatic carbocycles. The van der Waals surface area contributed by atoms with Crippen molar-refractivity contribution in [3.63, 3.8) is 0 Å². The molecule has 0 fully saturated rings. The van der Waals surface area contributed by atoms with E-state index in [0.717, 1.165) is 32.7 Å². The number of hydrazone groups is 1. The van der Waals surface area contributed by atoms with E-state index < -0.39 is 6.10 Å². The predicted molar refractivity (Wildman–Crippen MR) is 124 cm³/mol. The molecule has 0 saturated heterocycles. The molecule has 0 unspecified atom stereocenters. The monoisotopic (exact) mass is 467 g/mol. The van der Waals surface area contributed by atoms with Gasteiger partial charge in [-0.2, -0.15) is 5.10 Å². The minimum atomic E-state index is -0.713. The average molecular weight is 468 g/mol. The quantitative estimate of drug-likeness (QED) is 0.394. The fraction of sp³-hybridized carbons (Fsp3) is 0.250. The number of benzene rings is 2. The summed E-state index contributed by atoms with van der Waals surface area (Å²) in [6.07, 6.45) is 0.953. The Morgan fingerprint density at radius 1 is 1.07 bits per heavy atom. The number of halogens is 1. The molecule has 0 saturated carbocycles. The number of rotatable bonds is 6. The molecule has 3 rings (SSSR count). The first kappa shape index (κ1) is 22.0. The van der Waals surface area contributed by atoms with Crippen LogP contribution in [0.3, 0.4) is 0 Å². The summed E-state index contributed by atoms with van der Waals surface area (Å²) in [6.45, 7) is 8.31. The van der Waals surface area contributed by atoms with Crippen LogP contribution in [0.5, 0.6) is 0 Å². The van der Waals surface area contributed by atoms with Crippen LogP contribution < -0.4 is 5.43 Å². The largest absolute Gasteiger partial charge is 0.367 e. The lowest BCUT2D eigenvalue weighted by atomic mass is 10.1. The summed E-state index contributed by atoms with van der Waals surface area (Å²) in [6, 6.07) is 15.8. The maximum absolute atomic E-state index is 12.5. The number of hydrogen-bond acceptors (Lipinski definition) is 3. The first-order valence-electron chi connectivity index (χ1n) is 9.70. The molecule has 1 aromatic heterocycles. The first-order chi connectivity index (χ1) is 14.3. The van der Waals surface area contributed by atoms with Gasteiger partial charge in [0.1, 0.15) is 0 Å². The number of nitrogens with one attached hydrogen (secondary N) is 1. The number of carbonyl (C=O) groups excluding carboxylic acids is 1. The molecule has 6 heteroatoms. The van der Waals surface area contributed by atoms with Crippen LogP contribution in [0.15, 0.2) is 58.1 Å². The Morgan fingerprint density at radius 3 is 2.40 bits per heavy atom. The molecule has 30 heavy (non-hydrogen) atoms. The van der Waals surface area contributed by atoms with Gasteiger partial charge in [-0.25, -0.2) is 5.43 Å². The number of ether oxygens (including phenoxy) is 1. The molecule has 0 aliphatic heterocycles. The fourth-order valence-corrected chi connectivity index (χ4v) is 4.03. The van der Waals surface area contributed by atoms with E-state index in [1.807, 2.05) is 37.3 Å². The van der Waals surface area contributed by atoms with Gasteiger partial charge in [-0.1, -0.05) is 36.4 Å². The molecule has 0 aliphatic rings. The van der Waals surface area contributed by atoms with Crippen molar-refractivity contribution in [2.75, 3.05) is 7.11 Å². The zero-order chi connectivity index (χ0) is 21.8. The Balaban J connectivity index is 1.84. The van der Waals surface area contributed by atoms with Crippen molar-refractivity contribution in [3.05, 3.63) is 86.6 Å². The van der Waals surface area contributed by atoms with E-state index in [0.29, 0.717) is 0 Å². The minimum absolute atomic E-state index is 0.320. The Labute approximate surface area is 185 Å². The smallest absolute Gasteiger partial charge is 0.273 e.